The molecule has 112 valence electrons. The van der Waals surface area contributed by atoms with E-state index in [1.165, 1.54) is 6.33 Å². The van der Waals surface area contributed by atoms with E-state index in [4.69, 9.17) is 11.6 Å². The molecule has 0 saturated heterocycles. The largest absolute Gasteiger partial charge is 0.384 e. The molecule has 1 atom stereocenters. The lowest BCUT2D eigenvalue weighted by Gasteiger charge is -2.25. The zero-order valence-corrected chi connectivity index (χ0v) is 12.7. The number of aliphatic hydroxyl groups is 1. The van der Waals surface area contributed by atoms with Gasteiger partial charge >= 0.3 is 0 Å². The number of aryl methyl sites for hydroxylation is 1. The zero-order chi connectivity index (χ0) is 15.5. The molecule has 0 aliphatic heterocycles. The van der Waals surface area contributed by atoms with Gasteiger partial charge in [0.2, 0.25) is 0 Å². The fraction of sp³-hybridized carbons (Fsp3) is 0.333. The van der Waals surface area contributed by atoms with Gasteiger partial charge in [0.25, 0.3) is 0 Å². The first-order valence-electron chi connectivity index (χ1n) is 6.65. The van der Waals surface area contributed by atoms with E-state index in [1.54, 1.807) is 31.2 Å². The Labute approximate surface area is 128 Å². The number of nitrogens with zero attached hydrogens (tertiary/aromatic N) is 2. The molecule has 0 aliphatic rings. The van der Waals surface area contributed by atoms with Gasteiger partial charge in [-0.3, -0.25) is 0 Å². The molecule has 1 unspecified atom stereocenters. The van der Waals surface area contributed by atoms with Crippen molar-refractivity contribution in [1.29, 1.82) is 0 Å². The van der Waals surface area contributed by atoms with Crippen LogP contribution in [0.2, 0.25) is 5.02 Å². The van der Waals surface area contributed by atoms with Crippen LogP contribution in [0.15, 0.2) is 30.6 Å². The van der Waals surface area contributed by atoms with Crippen molar-refractivity contribution in [1.82, 2.24) is 9.97 Å². The summed E-state index contributed by atoms with van der Waals surface area (Å²) in [6, 6.07) is 6.93. The summed E-state index contributed by atoms with van der Waals surface area (Å²) < 4.78 is 14.0. The Balaban J connectivity index is 2.15. The lowest BCUT2D eigenvalue weighted by molar-refractivity contribution is 0.0713. The number of nitrogens with one attached hydrogen (secondary N) is 1. The molecule has 0 spiro atoms. The summed E-state index contributed by atoms with van der Waals surface area (Å²) >= 11 is 5.92. The first-order valence-corrected chi connectivity index (χ1v) is 7.03. The van der Waals surface area contributed by atoms with Gasteiger partial charge in [-0.25, -0.2) is 14.4 Å². The number of benzene rings is 1. The van der Waals surface area contributed by atoms with Crippen molar-refractivity contribution in [3.05, 3.63) is 52.7 Å². The third-order valence-corrected chi connectivity index (χ3v) is 3.48. The van der Waals surface area contributed by atoms with Crippen LogP contribution in [-0.4, -0.2) is 21.6 Å². The Morgan fingerprint density at radius 3 is 2.81 bits per heavy atom. The predicted octanol–water partition coefficient (Wildman–Crippen LogP) is 3.15. The molecule has 0 amide bonds. The fourth-order valence-corrected chi connectivity index (χ4v) is 2.15. The Morgan fingerprint density at radius 2 is 2.14 bits per heavy atom. The summed E-state index contributed by atoms with van der Waals surface area (Å²) in [7, 11) is 0. The summed E-state index contributed by atoms with van der Waals surface area (Å²) in [5, 5.41) is 13.9. The van der Waals surface area contributed by atoms with E-state index in [9.17, 15) is 9.50 Å². The Hall–Kier alpha value is -1.72. The van der Waals surface area contributed by atoms with E-state index in [1.807, 2.05) is 6.92 Å². The number of aromatic nitrogens is 2. The monoisotopic (exact) mass is 309 g/mol. The highest BCUT2D eigenvalue weighted by atomic mass is 35.5. The van der Waals surface area contributed by atoms with Crippen LogP contribution in [0.3, 0.4) is 0 Å². The van der Waals surface area contributed by atoms with Crippen molar-refractivity contribution in [2.24, 2.45) is 0 Å². The highest BCUT2D eigenvalue weighted by Gasteiger charge is 2.24. The number of hydrogen-bond acceptors (Lipinski definition) is 4. The van der Waals surface area contributed by atoms with Crippen LogP contribution < -0.4 is 5.32 Å². The minimum absolute atomic E-state index is 0.0872. The first kappa shape index (κ1) is 15.7. The Bertz CT molecular complexity index is 634. The van der Waals surface area contributed by atoms with Crippen LogP contribution in [-0.2, 0) is 12.0 Å². The molecule has 1 heterocycles. The van der Waals surface area contributed by atoms with Crippen molar-refractivity contribution in [3.63, 3.8) is 0 Å². The summed E-state index contributed by atoms with van der Waals surface area (Å²) in [6.07, 6.45) is 1.78. The van der Waals surface area contributed by atoms with Crippen molar-refractivity contribution < 1.29 is 9.50 Å². The molecule has 2 rings (SSSR count). The standard InChI is InChI=1S/C15H17ClFN3O/c1-3-12-13(17)14(20-9-19-12)18-8-15(2,21)10-5-4-6-11(16)7-10/h4-7,9,21H,3,8H2,1-2H3,(H,18,19,20). The van der Waals surface area contributed by atoms with Crippen molar-refractivity contribution >= 4 is 17.4 Å². The van der Waals surface area contributed by atoms with Crippen molar-refractivity contribution in [2.75, 3.05) is 11.9 Å². The SMILES string of the molecule is CCc1ncnc(NCC(C)(O)c2cccc(Cl)c2)c1F. The third kappa shape index (κ3) is 3.68. The highest BCUT2D eigenvalue weighted by molar-refractivity contribution is 6.30. The molecule has 6 heteroatoms. The molecule has 0 aliphatic carbocycles. The molecular weight excluding hydrogens is 293 g/mol. The molecule has 1 aromatic carbocycles. The molecule has 0 saturated carbocycles. The van der Waals surface area contributed by atoms with Crippen LogP contribution in [0.1, 0.15) is 25.1 Å². The molecule has 2 aromatic rings. The zero-order valence-electron chi connectivity index (χ0n) is 11.9. The minimum Gasteiger partial charge on any atom is -0.384 e. The second-order valence-corrected chi connectivity index (χ2v) is 5.41. The maximum absolute atomic E-state index is 14.0. The van der Waals surface area contributed by atoms with E-state index in [0.717, 1.165) is 0 Å². The fourth-order valence-electron chi connectivity index (χ4n) is 1.96. The molecule has 4 nitrogen and oxygen atoms in total. The van der Waals surface area contributed by atoms with E-state index in [0.29, 0.717) is 22.7 Å². The maximum atomic E-state index is 14.0. The first-order chi connectivity index (χ1) is 9.94. The molecule has 0 bridgehead atoms. The molecule has 2 N–H and O–H groups in total. The van der Waals surface area contributed by atoms with Gasteiger partial charge in [-0.1, -0.05) is 30.7 Å². The van der Waals surface area contributed by atoms with E-state index in [2.05, 4.69) is 15.3 Å². The van der Waals surface area contributed by atoms with Crippen molar-refractivity contribution in [2.45, 2.75) is 25.9 Å². The van der Waals surface area contributed by atoms with Crippen molar-refractivity contribution in [3.8, 4) is 0 Å². The van der Waals surface area contributed by atoms with E-state index >= 15 is 0 Å². The average molecular weight is 310 g/mol. The summed E-state index contributed by atoms with van der Waals surface area (Å²) in [5.41, 5.74) is -0.211. The summed E-state index contributed by atoms with van der Waals surface area (Å²) in [4.78, 5) is 7.73. The lowest BCUT2D eigenvalue weighted by atomic mass is 9.96. The quantitative estimate of drug-likeness (QED) is 0.891. The lowest BCUT2D eigenvalue weighted by Crippen LogP contribution is -2.31. The topological polar surface area (TPSA) is 58.0 Å². The Kier molecular flexibility index (Phi) is 4.75. The second-order valence-electron chi connectivity index (χ2n) is 4.97. The van der Waals surface area contributed by atoms with Gasteiger partial charge in [0.1, 0.15) is 11.9 Å². The summed E-state index contributed by atoms with van der Waals surface area (Å²) in [5.74, 6) is -0.397. The smallest absolute Gasteiger partial charge is 0.186 e. The highest BCUT2D eigenvalue weighted by Crippen LogP contribution is 2.24. The molecular formula is C15H17ClFN3O. The van der Waals surface area contributed by atoms with Gasteiger partial charge in [0, 0.05) is 11.6 Å². The normalized spacial score (nSPS) is 13.8. The maximum Gasteiger partial charge on any atom is 0.186 e. The second kappa shape index (κ2) is 6.37. The number of hydrogen-bond donors (Lipinski definition) is 2. The number of halogens is 2. The Morgan fingerprint density at radius 1 is 1.38 bits per heavy atom. The van der Waals surface area contributed by atoms with Gasteiger partial charge in [-0.15, -0.1) is 0 Å². The van der Waals surface area contributed by atoms with Crippen LogP contribution in [0.4, 0.5) is 10.2 Å². The third-order valence-electron chi connectivity index (χ3n) is 3.24. The van der Waals surface area contributed by atoms with Gasteiger partial charge in [-0.05, 0) is 31.0 Å². The molecule has 0 radical (unpaired) electrons. The predicted molar refractivity (Wildman–Crippen MR) is 80.9 cm³/mol. The summed E-state index contributed by atoms with van der Waals surface area (Å²) in [6.45, 7) is 3.55. The average Bonchev–Trinajstić information content (AvgIpc) is 2.46. The number of rotatable bonds is 5. The number of anilines is 1. The van der Waals surface area contributed by atoms with E-state index in [-0.39, 0.29) is 12.4 Å². The van der Waals surface area contributed by atoms with Gasteiger partial charge in [-0.2, -0.15) is 0 Å². The molecule has 1 aromatic heterocycles. The van der Waals surface area contributed by atoms with Crippen LogP contribution in [0, 0.1) is 5.82 Å². The molecule has 0 fully saturated rings. The molecule has 21 heavy (non-hydrogen) atoms. The van der Waals surface area contributed by atoms with Crippen LogP contribution in [0.5, 0.6) is 0 Å². The van der Waals surface area contributed by atoms with Crippen LogP contribution in [0.25, 0.3) is 0 Å². The van der Waals surface area contributed by atoms with Gasteiger partial charge < -0.3 is 10.4 Å². The van der Waals surface area contributed by atoms with E-state index < -0.39 is 11.4 Å². The van der Waals surface area contributed by atoms with Crippen LogP contribution >= 0.6 is 11.6 Å². The van der Waals surface area contributed by atoms with Gasteiger partial charge in [0.15, 0.2) is 11.6 Å². The minimum atomic E-state index is -1.20. The van der Waals surface area contributed by atoms with Gasteiger partial charge in [0.05, 0.1) is 5.69 Å².